The van der Waals surface area contributed by atoms with E-state index in [4.69, 9.17) is 16.3 Å². The Bertz CT molecular complexity index is 506. The average molecular weight is 333 g/mol. The van der Waals surface area contributed by atoms with E-state index in [1.807, 2.05) is 0 Å². The standard InChI is InChI=1S/C12H11BrClNO3/c1-18-12(17)8-3-2-4-9(13)11(8)15-6-7(14)5-10(15)16/h2-4,7H,5-6H2,1H3. The van der Waals surface area contributed by atoms with E-state index in [1.165, 1.54) is 12.0 Å². The topological polar surface area (TPSA) is 46.6 Å². The normalized spacial score (nSPS) is 19.2. The highest BCUT2D eigenvalue weighted by molar-refractivity contribution is 9.10. The number of hydrogen-bond acceptors (Lipinski definition) is 3. The summed E-state index contributed by atoms with van der Waals surface area (Å²) in [4.78, 5) is 25.1. The SMILES string of the molecule is COC(=O)c1cccc(Br)c1N1CC(Cl)CC1=O. The van der Waals surface area contributed by atoms with Crippen molar-refractivity contribution in [2.24, 2.45) is 0 Å². The number of anilines is 1. The first kappa shape index (κ1) is 13.4. The Hall–Kier alpha value is -1.07. The molecule has 1 aromatic carbocycles. The van der Waals surface area contributed by atoms with Gasteiger partial charge >= 0.3 is 5.97 Å². The van der Waals surface area contributed by atoms with E-state index in [2.05, 4.69) is 15.9 Å². The molecule has 1 unspecified atom stereocenters. The zero-order chi connectivity index (χ0) is 13.3. The highest BCUT2D eigenvalue weighted by Crippen LogP contribution is 2.34. The molecule has 1 heterocycles. The predicted octanol–water partition coefficient (Wildman–Crippen LogP) is 2.58. The third kappa shape index (κ3) is 2.37. The number of nitrogens with zero attached hydrogens (tertiary/aromatic N) is 1. The summed E-state index contributed by atoms with van der Waals surface area (Å²) >= 11 is 9.33. The predicted molar refractivity (Wildman–Crippen MR) is 72.1 cm³/mol. The first-order valence-electron chi connectivity index (χ1n) is 5.36. The van der Waals surface area contributed by atoms with Gasteiger partial charge in [0.05, 0.1) is 23.7 Å². The van der Waals surface area contributed by atoms with Crippen LogP contribution in [0.4, 0.5) is 5.69 Å². The van der Waals surface area contributed by atoms with Gasteiger partial charge in [0.25, 0.3) is 0 Å². The quantitative estimate of drug-likeness (QED) is 0.618. The van der Waals surface area contributed by atoms with E-state index in [0.29, 0.717) is 22.3 Å². The largest absolute Gasteiger partial charge is 0.465 e. The number of carbonyl (C=O) groups excluding carboxylic acids is 2. The van der Waals surface area contributed by atoms with Crippen molar-refractivity contribution in [2.75, 3.05) is 18.6 Å². The summed E-state index contributed by atoms with van der Waals surface area (Å²) in [5, 5.41) is -0.227. The van der Waals surface area contributed by atoms with E-state index in [1.54, 1.807) is 18.2 Å². The maximum Gasteiger partial charge on any atom is 0.340 e. The van der Waals surface area contributed by atoms with Crippen LogP contribution in [-0.2, 0) is 9.53 Å². The van der Waals surface area contributed by atoms with Crippen molar-refractivity contribution in [3.8, 4) is 0 Å². The van der Waals surface area contributed by atoms with Gasteiger partial charge in [-0.2, -0.15) is 0 Å². The molecule has 6 heteroatoms. The number of alkyl halides is 1. The molecule has 4 nitrogen and oxygen atoms in total. The van der Waals surface area contributed by atoms with Gasteiger partial charge < -0.3 is 9.64 Å². The van der Waals surface area contributed by atoms with Gasteiger partial charge in [0.1, 0.15) is 0 Å². The minimum absolute atomic E-state index is 0.0907. The molecule has 1 amide bonds. The number of hydrogen-bond donors (Lipinski definition) is 0. The molecule has 0 radical (unpaired) electrons. The number of esters is 1. The minimum atomic E-state index is -0.475. The van der Waals surface area contributed by atoms with Crippen LogP contribution in [0.5, 0.6) is 0 Å². The van der Waals surface area contributed by atoms with Crippen molar-refractivity contribution in [3.05, 3.63) is 28.2 Å². The van der Waals surface area contributed by atoms with E-state index in [0.717, 1.165) is 0 Å². The van der Waals surface area contributed by atoms with Crippen molar-refractivity contribution in [1.82, 2.24) is 0 Å². The Morgan fingerprint density at radius 3 is 2.83 bits per heavy atom. The first-order valence-corrected chi connectivity index (χ1v) is 6.58. The molecule has 1 aliphatic rings. The summed E-state index contributed by atoms with van der Waals surface area (Å²) in [5.41, 5.74) is 0.878. The molecule has 1 fully saturated rings. The van der Waals surface area contributed by atoms with Crippen molar-refractivity contribution in [1.29, 1.82) is 0 Å². The first-order chi connectivity index (χ1) is 8.54. The molecule has 0 spiro atoms. The van der Waals surface area contributed by atoms with Crippen LogP contribution in [0.15, 0.2) is 22.7 Å². The lowest BCUT2D eigenvalue weighted by Gasteiger charge is -2.20. The Kier molecular flexibility index (Phi) is 3.92. The number of halogens is 2. The summed E-state index contributed by atoms with van der Waals surface area (Å²) in [6.07, 6.45) is 0.281. The number of carbonyl (C=O) groups is 2. The molecule has 0 saturated carbocycles. The fraction of sp³-hybridized carbons (Fsp3) is 0.333. The Balaban J connectivity index is 2.49. The van der Waals surface area contributed by atoms with Crippen LogP contribution in [0.2, 0.25) is 0 Å². The summed E-state index contributed by atoms with van der Waals surface area (Å²) in [6, 6.07) is 5.12. The van der Waals surface area contributed by atoms with E-state index < -0.39 is 5.97 Å². The molecule has 1 aliphatic heterocycles. The second-order valence-corrected chi connectivity index (χ2v) is 5.40. The molecular weight excluding hydrogens is 321 g/mol. The number of methoxy groups -OCH3 is 1. The van der Waals surface area contributed by atoms with Crippen LogP contribution in [-0.4, -0.2) is 30.9 Å². The zero-order valence-electron chi connectivity index (χ0n) is 9.65. The molecule has 2 rings (SSSR count). The smallest absolute Gasteiger partial charge is 0.340 e. The van der Waals surface area contributed by atoms with Crippen LogP contribution >= 0.6 is 27.5 Å². The second-order valence-electron chi connectivity index (χ2n) is 3.93. The molecule has 1 saturated heterocycles. The number of benzene rings is 1. The fourth-order valence-corrected chi connectivity index (χ4v) is 2.79. The zero-order valence-corrected chi connectivity index (χ0v) is 12.0. The number of amides is 1. The van der Waals surface area contributed by atoms with E-state index >= 15 is 0 Å². The highest BCUT2D eigenvalue weighted by Gasteiger charge is 2.33. The number of rotatable bonds is 2. The minimum Gasteiger partial charge on any atom is -0.465 e. The van der Waals surface area contributed by atoms with Gasteiger partial charge in [0.2, 0.25) is 5.91 Å². The summed E-state index contributed by atoms with van der Waals surface area (Å²) in [5.74, 6) is -0.566. The van der Waals surface area contributed by atoms with Gasteiger partial charge in [-0.05, 0) is 28.1 Å². The Morgan fingerprint density at radius 1 is 1.56 bits per heavy atom. The molecular formula is C12H11BrClNO3. The Morgan fingerprint density at radius 2 is 2.28 bits per heavy atom. The lowest BCUT2D eigenvalue weighted by molar-refractivity contribution is -0.117. The van der Waals surface area contributed by atoms with Crippen molar-refractivity contribution in [3.63, 3.8) is 0 Å². The van der Waals surface area contributed by atoms with Crippen molar-refractivity contribution >= 4 is 45.1 Å². The van der Waals surface area contributed by atoms with Crippen molar-refractivity contribution in [2.45, 2.75) is 11.8 Å². The monoisotopic (exact) mass is 331 g/mol. The van der Waals surface area contributed by atoms with E-state index in [-0.39, 0.29) is 17.7 Å². The molecule has 96 valence electrons. The molecule has 0 aromatic heterocycles. The molecule has 0 aliphatic carbocycles. The van der Waals surface area contributed by atoms with Gasteiger partial charge in [-0.25, -0.2) is 4.79 Å². The van der Waals surface area contributed by atoms with Crippen LogP contribution in [0.3, 0.4) is 0 Å². The Labute approximate surface area is 118 Å². The molecule has 0 N–H and O–H groups in total. The van der Waals surface area contributed by atoms with Crippen LogP contribution < -0.4 is 4.90 Å². The van der Waals surface area contributed by atoms with Gasteiger partial charge in [-0.3, -0.25) is 4.79 Å². The molecule has 0 bridgehead atoms. The third-order valence-electron chi connectivity index (χ3n) is 2.74. The number of para-hydroxylation sites is 1. The second kappa shape index (κ2) is 5.28. The van der Waals surface area contributed by atoms with Gasteiger partial charge in [0.15, 0.2) is 0 Å². The summed E-state index contributed by atoms with van der Waals surface area (Å²) in [7, 11) is 1.31. The van der Waals surface area contributed by atoms with Gasteiger partial charge in [-0.1, -0.05) is 6.07 Å². The van der Waals surface area contributed by atoms with Crippen LogP contribution in [0.25, 0.3) is 0 Å². The maximum atomic E-state index is 11.9. The molecule has 18 heavy (non-hydrogen) atoms. The highest BCUT2D eigenvalue weighted by atomic mass is 79.9. The maximum absolute atomic E-state index is 11.9. The number of ether oxygens (including phenoxy) is 1. The van der Waals surface area contributed by atoms with E-state index in [9.17, 15) is 9.59 Å². The lowest BCUT2D eigenvalue weighted by Crippen LogP contribution is -2.27. The van der Waals surface area contributed by atoms with Crippen LogP contribution in [0, 0.1) is 0 Å². The van der Waals surface area contributed by atoms with Gasteiger partial charge in [-0.15, -0.1) is 11.6 Å². The van der Waals surface area contributed by atoms with Crippen LogP contribution in [0.1, 0.15) is 16.8 Å². The lowest BCUT2D eigenvalue weighted by atomic mass is 10.1. The molecule has 1 aromatic rings. The summed E-state index contributed by atoms with van der Waals surface area (Å²) < 4.78 is 5.39. The molecule has 1 atom stereocenters. The third-order valence-corrected chi connectivity index (χ3v) is 3.67. The van der Waals surface area contributed by atoms with Gasteiger partial charge in [0, 0.05) is 17.4 Å². The average Bonchev–Trinajstić information content (AvgIpc) is 2.67. The van der Waals surface area contributed by atoms with Crippen molar-refractivity contribution < 1.29 is 14.3 Å². The summed E-state index contributed by atoms with van der Waals surface area (Å²) in [6.45, 7) is 0.396. The fourth-order valence-electron chi connectivity index (χ4n) is 1.94.